The largest absolute Gasteiger partial charge is 0.449 e. The van der Waals surface area contributed by atoms with Crippen molar-refractivity contribution in [1.29, 1.82) is 0 Å². The van der Waals surface area contributed by atoms with Crippen LogP contribution in [-0.2, 0) is 14.3 Å². The molecule has 0 bridgehead atoms. The fourth-order valence-corrected chi connectivity index (χ4v) is 2.69. The van der Waals surface area contributed by atoms with Gasteiger partial charge in [-0.1, -0.05) is 44.2 Å². The van der Waals surface area contributed by atoms with E-state index in [1.165, 1.54) is 43.3 Å². The van der Waals surface area contributed by atoms with Gasteiger partial charge in [0.25, 0.3) is 5.91 Å². The number of esters is 1. The van der Waals surface area contributed by atoms with Gasteiger partial charge in [0.2, 0.25) is 0 Å². The predicted molar refractivity (Wildman–Crippen MR) is 111 cm³/mol. The number of nitrogens with one attached hydrogen (secondary N) is 1. The molecule has 0 unspecified atom stereocenters. The number of carbonyl (C=O) groups excluding carboxylic acids is 2. The number of hydrogen-bond acceptors (Lipinski definition) is 4. The van der Waals surface area contributed by atoms with Crippen molar-refractivity contribution in [3.8, 4) is 5.75 Å². The van der Waals surface area contributed by atoms with Crippen LogP contribution in [-0.4, -0.2) is 24.6 Å². The third-order valence-electron chi connectivity index (χ3n) is 4.54. The molecule has 160 valence electrons. The molecule has 2 rings (SSSR count). The van der Waals surface area contributed by atoms with Gasteiger partial charge in [-0.2, -0.15) is 8.78 Å². The normalized spacial score (nSPS) is 13.1. The van der Waals surface area contributed by atoms with Gasteiger partial charge in [0.1, 0.15) is 5.75 Å². The molecule has 0 aliphatic carbocycles. The second-order valence-corrected chi connectivity index (χ2v) is 6.75. The zero-order valence-electron chi connectivity index (χ0n) is 17.1. The van der Waals surface area contributed by atoms with Crippen LogP contribution in [0.3, 0.4) is 0 Å². The first-order chi connectivity index (χ1) is 14.3. The highest BCUT2D eigenvalue weighted by Crippen LogP contribution is 2.26. The number of rotatable bonds is 9. The maximum absolute atomic E-state index is 12.4. The minimum absolute atomic E-state index is 0.0210. The average molecular weight is 417 g/mol. The second-order valence-electron chi connectivity index (χ2n) is 6.75. The molecule has 1 amide bonds. The van der Waals surface area contributed by atoms with Crippen molar-refractivity contribution in [2.24, 2.45) is 0 Å². The van der Waals surface area contributed by atoms with Gasteiger partial charge in [-0.25, -0.2) is 4.79 Å². The number of hydrogen-bond donors (Lipinski definition) is 1. The van der Waals surface area contributed by atoms with Crippen LogP contribution >= 0.6 is 0 Å². The molecule has 0 aliphatic heterocycles. The molecule has 0 aliphatic rings. The lowest BCUT2D eigenvalue weighted by Gasteiger charge is -2.17. The van der Waals surface area contributed by atoms with E-state index in [1.54, 1.807) is 0 Å². The number of ether oxygens (including phenoxy) is 2. The molecule has 0 spiro atoms. The first-order valence-corrected chi connectivity index (χ1v) is 9.63. The summed E-state index contributed by atoms with van der Waals surface area (Å²) >= 11 is 0. The van der Waals surface area contributed by atoms with Crippen molar-refractivity contribution in [3.63, 3.8) is 0 Å². The Balaban J connectivity index is 1.92. The Labute approximate surface area is 174 Å². The second kappa shape index (κ2) is 11.1. The first kappa shape index (κ1) is 23.1. The van der Waals surface area contributed by atoms with Gasteiger partial charge >= 0.3 is 12.6 Å². The molecule has 2 aromatic carbocycles. The number of alkyl halides is 2. The highest BCUT2D eigenvalue weighted by molar-refractivity contribution is 5.97. The topological polar surface area (TPSA) is 64.6 Å². The van der Waals surface area contributed by atoms with Crippen molar-refractivity contribution >= 4 is 23.6 Å². The van der Waals surface area contributed by atoms with Gasteiger partial charge in [0.15, 0.2) is 6.10 Å². The molecule has 2 aromatic rings. The average Bonchev–Trinajstić information content (AvgIpc) is 2.72. The summed E-state index contributed by atoms with van der Waals surface area (Å²) in [5.74, 6) is -0.825. The van der Waals surface area contributed by atoms with Crippen molar-refractivity contribution in [3.05, 3.63) is 65.7 Å². The number of amides is 1. The molecular formula is C23H25F2NO4. The van der Waals surface area contributed by atoms with E-state index >= 15 is 0 Å². The summed E-state index contributed by atoms with van der Waals surface area (Å²) in [4.78, 5) is 24.4. The zero-order valence-corrected chi connectivity index (χ0v) is 17.1. The smallest absolute Gasteiger partial charge is 0.387 e. The van der Waals surface area contributed by atoms with E-state index < -0.39 is 24.6 Å². The lowest BCUT2D eigenvalue weighted by Crippen LogP contribution is -2.29. The summed E-state index contributed by atoms with van der Waals surface area (Å²) in [6.07, 6.45) is 2.56. The SMILES string of the molecule is CC[C@H](C)c1ccccc1NC(=O)[C@H](C)OC(=O)/C=C/c1ccc(OC(F)F)cc1. The van der Waals surface area contributed by atoms with Gasteiger partial charge in [-0.3, -0.25) is 4.79 Å². The van der Waals surface area contributed by atoms with Crippen LogP contribution < -0.4 is 10.1 Å². The maximum atomic E-state index is 12.4. The Kier molecular flexibility index (Phi) is 8.53. The van der Waals surface area contributed by atoms with Gasteiger partial charge in [-0.15, -0.1) is 0 Å². The Morgan fingerprint density at radius 3 is 2.37 bits per heavy atom. The number of carbonyl (C=O) groups is 2. The Morgan fingerprint density at radius 1 is 1.07 bits per heavy atom. The minimum atomic E-state index is -2.90. The van der Waals surface area contributed by atoms with Crippen LogP contribution in [0.4, 0.5) is 14.5 Å². The first-order valence-electron chi connectivity index (χ1n) is 9.63. The van der Waals surface area contributed by atoms with Gasteiger partial charge < -0.3 is 14.8 Å². The number of halogens is 2. The molecule has 5 nitrogen and oxygen atoms in total. The number of benzene rings is 2. The maximum Gasteiger partial charge on any atom is 0.387 e. The summed E-state index contributed by atoms with van der Waals surface area (Å²) in [5.41, 5.74) is 2.31. The summed E-state index contributed by atoms with van der Waals surface area (Å²) in [7, 11) is 0. The van der Waals surface area contributed by atoms with Crippen LogP contribution in [0.5, 0.6) is 5.75 Å². The highest BCUT2D eigenvalue weighted by Gasteiger charge is 2.18. The van der Waals surface area contributed by atoms with Crippen LogP contribution in [0.2, 0.25) is 0 Å². The highest BCUT2D eigenvalue weighted by atomic mass is 19.3. The number of anilines is 1. The van der Waals surface area contributed by atoms with Crippen LogP contribution in [0.1, 0.15) is 44.2 Å². The standard InChI is InChI=1S/C23H25F2NO4/c1-4-15(2)19-7-5-6-8-20(19)26-22(28)16(3)29-21(27)14-11-17-9-12-18(13-10-17)30-23(24)25/h5-16,23H,4H2,1-3H3,(H,26,28)/b14-11+/t15-,16-/m0/s1. The molecular weight excluding hydrogens is 392 g/mol. The van der Waals surface area contributed by atoms with E-state index in [2.05, 4.69) is 23.9 Å². The van der Waals surface area contributed by atoms with E-state index in [9.17, 15) is 18.4 Å². The van der Waals surface area contributed by atoms with Crippen molar-refractivity contribution in [2.45, 2.75) is 45.8 Å². The molecule has 0 fully saturated rings. The van der Waals surface area contributed by atoms with E-state index in [0.717, 1.165) is 12.0 Å². The molecule has 0 radical (unpaired) electrons. The molecule has 0 heterocycles. The molecule has 0 saturated carbocycles. The molecule has 7 heteroatoms. The van der Waals surface area contributed by atoms with Crippen LogP contribution in [0.25, 0.3) is 6.08 Å². The summed E-state index contributed by atoms with van der Waals surface area (Å²) < 4.78 is 33.7. The summed E-state index contributed by atoms with van der Waals surface area (Å²) in [5, 5.41) is 2.81. The third-order valence-corrected chi connectivity index (χ3v) is 4.54. The lowest BCUT2D eigenvalue weighted by molar-refractivity contribution is -0.148. The molecule has 0 saturated heterocycles. The van der Waals surface area contributed by atoms with Crippen LogP contribution in [0.15, 0.2) is 54.6 Å². The van der Waals surface area contributed by atoms with E-state index in [1.807, 2.05) is 24.3 Å². The van der Waals surface area contributed by atoms with E-state index in [4.69, 9.17) is 4.74 Å². The predicted octanol–water partition coefficient (Wildman–Crippen LogP) is 5.39. The van der Waals surface area contributed by atoms with Gasteiger partial charge in [-0.05, 0) is 54.7 Å². The lowest BCUT2D eigenvalue weighted by atomic mass is 9.97. The Bertz CT molecular complexity index is 881. The van der Waals surface area contributed by atoms with Crippen molar-refractivity contribution in [1.82, 2.24) is 0 Å². The molecule has 0 aromatic heterocycles. The summed E-state index contributed by atoms with van der Waals surface area (Å²) in [6.45, 7) is 2.74. The molecule has 30 heavy (non-hydrogen) atoms. The van der Waals surface area contributed by atoms with Gasteiger partial charge in [0, 0.05) is 11.8 Å². The van der Waals surface area contributed by atoms with Crippen LogP contribution in [0, 0.1) is 0 Å². The minimum Gasteiger partial charge on any atom is -0.449 e. The third kappa shape index (κ3) is 6.99. The quantitative estimate of drug-likeness (QED) is 0.439. The number of para-hydroxylation sites is 1. The van der Waals surface area contributed by atoms with E-state index in [-0.39, 0.29) is 11.7 Å². The van der Waals surface area contributed by atoms with Gasteiger partial charge in [0.05, 0.1) is 0 Å². The fraction of sp³-hybridized carbons (Fsp3) is 0.304. The monoisotopic (exact) mass is 417 g/mol. The molecule has 2 atom stereocenters. The fourth-order valence-electron chi connectivity index (χ4n) is 2.69. The Hall–Kier alpha value is -3.22. The molecule has 1 N–H and O–H groups in total. The van der Waals surface area contributed by atoms with E-state index in [0.29, 0.717) is 11.3 Å². The summed E-state index contributed by atoms with van der Waals surface area (Å²) in [6, 6.07) is 13.3. The Morgan fingerprint density at radius 2 is 1.73 bits per heavy atom. The van der Waals surface area contributed by atoms with Crippen molar-refractivity contribution in [2.75, 3.05) is 5.32 Å². The van der Waals surface area contributed by atoms with Crippen molar-refractivity contribution < 1.29 is 27.8 Å². The zero-order chi connectivity index (χ0) is 22.1.